The monoisotopic (exact) mass is 206 g/mol. The molecule has 0 aliphatic carbocycles. The minimum absolute atomic E-state index is 0.715. The largest absolute Gasteiger partial charge is 0.286 e. The third-order valence-electron chi connectivity index (χ3n) is 0.800. The van der Waals surface area contributed by atoms with Crippen LogP contribution in [-0.2, 0) is 10.1 Å². The summed E-state index contributed by atoms with van der Waals surface area (Å²) in [6.07, 6.45) is 0.715. The van der Waals surface area contributed by atoms with Crippen LogP contribution in [0, 0.1) is 0 Å². The molecule has 1 rings (SSSR count). The second-order valence-corrected chi connectivity index (χ2v) is 4.28. The Morgan fingerprint density at radius 3 is 1.75 bits per heavy atom. The summed E-state index contributed by atoms with van der Waals surface area (Å²) in [5, 5.41) is 1.24. The van der Waals surface area contributed by atoms with E-state index in [4.69, 9.17) is 4.55 Å². The Kier molecular flexibility index (Phi) is 5.06. The van der Waals surface area contributed by atoms with Gasteiger partial charge >= 0.3 is 0 Å². The maximum absolute atomic E-state index is 9.19. The first-order valence-corrected chi connectivity index (χ1v) is 5.55. The van der Waals surface area contributed by atoms with Crippen molar-refractivity contribution in [1.82, 2.24) is 0 Å². The Bertz CT molecular complexity index is 299. The molecule has 1 N–H and O–H groups in total. The molecule has 0 amide bonds. The third kappa shape index (κ3) is 12.3. The standard InChI is InChI=1S/C6H7P.CH4O3S/c7-6-4-2-1-3-5-6;1-5(2,3)4/h1-5H,7H2;1H3,(H,2,3,4). The molecule has 3 nitrogen and oxygen atoms in total. The van der Waals surface area contributed by atoms with Crippen LogP contribution in [0.5, 0.6) is 0 Å². The molecule has 1 atom stereocenters. The molecule has 0 aliphatic heterocycles. The fourth-order valence-electron chi connectivity index (χ4n) is 0.453. The Hall–Kier alpha value is -0.440. The van der Waals surface area contributed by atoms with Crippen LogP contribution in [0.15, 0.2) is 30.3 Å². The van der Waals surface area contributed by atoms with Crippen molar-refractivity contribution in [2.75, 3.05) is 6.26 Å². The third-order valence-corrected chi connectivity index (χ3v) is 1.18. The normalized spacial score (nSPS) is 9.92. The summed E-state index contributed by atoms with van der Waals surface area (Å²) in [7, 11) is -1.04. The minimum Gasteiger partial charge on any atom is -0.286 e. The van der Waals surface area contributed by atoms with Gasteiger partial charge in [0.2, 0.25) is 0 Å². The summed E-state index contributed by atoms with van der Waals surface area (Å²) in [5.74, 6) is 0. The minimum atomic E-state index is -3.67. The van der Waals surface area contributed by atoms with E-state index >= 15 is 0 Å². The van der Waals surface area contributed by atoms with Crippen LogP contribution in [0.25, 0.3) is 0 Å². The highest BCUT2D eigenvalue weighted by atomic mass is 32.2. The van der Waals surface area contributed by atoms with E-state index in [0.717, 1.165) is 0 Å². The molecule has 0 radical (unpaired) electrons. The van der Waals surface area contributed by atoms with Gasteiger partial charge in [-0.3, -0.25) is 4.55 Å². The molecule has 1 unspecified atom stereocenters. The summed E-state index contributed by atoms with van der Waals surface area (Å²) in [6, 6.07) is 10.1. The lowest BCUT2D eigenvalue weighted by molar-refractivity contribution is 0.490. The quantitative estimate of drug-likeness (QED) is 0.502. The molecule has 0 saturated heterocycles. The molecule has 0 bridgehead atoms. The average Bonchev–Trinajstić information content (AvgIpc) is 1.85. The molecule has 0 aliphatic rings. The Labute approximate surface area is 74.8 Å². The SMILES string of the molecule is CS(=O)(=O)O.Pc1ccccc1. The topological polar surface area (TPSA) is 54.4 Å². The van der Waals surface area contributed by atoms with Gasteiger partial charge in [-0.2, -0.15) is 8.42 Å². The highest BCUT2D eigenvalue weighted by Gasteiger charge is 1.81. The summed E-state index contributed by atoms with van der Waals surface area (Å²) in [6.45, 7) is 0. The molecule has 0 aromatic heterocycles. The second-order valence-electron chi connectivity index (χ2n) is 2.14. The van der Waals surface area contributed by atoms with E-state index in [2.05, 4.69) is 9.24 Å². The number of rotatable bonds is 0. The molecule has 0 spiro atoms. The molecule has 1 aromatic carbocycles. The van der Waals surface area contributed by atoms with Crippen LogP contribution < -0.4 is 5.30 Å². The fraction of sp³-hybridized carbons (Fsp3) is 0.143. The smallest absolute Gasteiger partial charge is 0.261 e. The van der Waals surface area contributed by atoms with Gasteiger partial charge in [0.1, 0.15) is 0 Å². The Morgan fingerprint density at radius 2 is 1.58 bits per heavy atom. The summed E-state index contributed by atoms with van der Waals surface area (Å²) in [5.41, 5.74) is 0. The van der Waals surface area contributed by atoms with Crippen molar-refractivity contribution in [2.45, 2.75) is 0 Å². The predicted molar refractivity (Wildman–Crippen MR) is 53.3 cm³/mol. The van der Waals surface area contributed by atoms with E-state index in [0.29, 0.717) is 6.26 Å². The van der Waals surface area contributed by atoms with Crippen LogP contribution >= 0.6 is 9.24 Å². The Balaban J connectivity index is 0.000000217. The lowest BCUT2D eigenvalue weighted by Gasteiger charge is -1.82. The average molecular weight is 206 g/mol. The molecule has 5 heteroatoms. The van der Waals surface area contributed by atoms with Crippen molar-refractivity contribution < 1.29 is 13.0 Å². The predicted octanol–water partition coefficient (Wildman–Crippen LogP) is 0.691. The first-order valence-electron chi connectivity index (χ1n) is 3.12. The van der Waals surface area contributed by atoms with E-state index in [9.17, 15) is 8.42 Å². The lowest BCUT2D eigenvalue weighted by Crippen LogP contribution is -1.88. The Morgan fingerprint density at radius 1 is 1.25 bits per heavy atom. The van der Waals surface area contributed by atoms with Crippen molar-refractivity contribution in [3.8, 4) is 0 Å². The van der Waals surface area contributed by atoms with Crippen LogP contribution in [0.4, 0.5) is 0 Å². The van der Waals surface area contributed by atoms with Crippen molar-refractivity contribution in [1.29, 1.82) is 0 Å². The van der Waals surface area contributed by atoms with Gasteiger partial charge in [0.25, 0.3) is 10.1 Å². The van der Waals surface area contributed by atoms with Crippen molar-refractivity contribution in [2.24, 2.45) is 0 Å². The molecule has 68 valence electrons. The van der Waals surface area contributed by atoms with Gasteiger partial charge in [-0.05, 0) is 5.30 Å². The van der Waals surface area contributed by atoms with E-state index in [1.54, 1.807) is 0 Å². The van der Waals surface area contributed by atoms with Gasteiger partial charge in [-0.15, -0.1) is 9.24 Å². The molecule has 0 heterocycles. The van der Waals surface area contributed by atoms with Crippen molar-refractivity contribution in [3.05, 3.63) is 30.3 Å². The highest BCUT2D eigenvalue weighted by Crippen LogP contribution is 1.86. The number of hydrogen-bond donors (Lipinski definition) is 1. The summed E-state index contributed by atoms with van der Waals surface area (Å²) >= 11 is 0. The number of hydrogen-bond acceptors (Lipinski definition) is 2. The van der Waals surface area contributed by atoms with Gasteiger partial charge in [0.05, 0.1) is 6.26 Å². The second kappa shape index (κ2) is 5.25. The zero-order chi connectivity index (χ0) is 9.61. The zero-order valence-electron chi connectivity index (χ0n) is 6.64. The van der Waals surface area contributed by atoms with Crippen LogP contribution in [-0.4, -0.2) is 19.2 Å². The molecule has 0 fully saturated rings. The molecular formula is C7H11O3PS. The van der Waals surface area contributed by atoms with E-state index in [1.807, 2.05) is 30.3 Å². The maximum Gasteiger partial charge on any atom is 0.261 e. The van der Waals surface area contributed by atoms with Crippen LogP contribution in [0.1, 0.15) is 0 Å². The van der Waals surface area contributed by atoms with Crippen LogP contribution in [0.2, 0.25) is 0 Å². The summed E-state index contributed by atoms with van der Waals surface area (Å²) in [4.78, 5) is 0. The highest BCUT2D eigenvalue weighted by molar-refractivity contribution is 7.85. The van der Waals surface area contributed by atoms with E-state index < -0.39 is 10.1 Å². The van der Waals surface area contributed by atoms with Gasteiger partial charge in [0.15, 0.2) is 0 Å². The fourth-order valence-corrected chi connectivity index (χ4v) is 0.675. The number of benzene rings is 1. The first kappa shape index (κ1) is 11.6. The van der Waals surface area contributed by atoms with Crippen molar-refractivity contribution in [3.63, 3.8) is 0 Å². The van der Waals surface area contributed by atoms with Gasteiger partial charge in [-0.1, -0.05) is 30.3 Å². The van der Waals surface area contributed by atoms with Crippen molar-refractivity contribution >= 4 is 24.7 Å². The van der Waals surface area contributed by atoms with Crippen LogP contribution in [0.3, 0.4) is 0 Å². The summed E-state index contributed by atoms with van der Waals surface area (Å²) < 4.78 is 25.9. The van der Waals surface area contributed by atoms with Gasteiger partial charge in [0, 0.05) is 0 Å². The molecular weight excluding hydrogens is 195 g/mol. The van der Waals surface area contributed by atoms with E-state index in [-0.39, 0.29) is 0 Å². The zero-order valence-corrected chi connectivity index (χ0v) is 8.61. The maximum atomic E-state index is 9.19. The van der Waals surface area contributed by atoms with Gasteiger partial charge in [-0.25, -0.2) is 0 Å². The van der Waals surface area contributed by atoms with Gasteiger partial charge < -0.3 is 0 Å². The molecule has 12 heavy (non-hydrogen) atoms. The molecule has 1 aromatic rings. The first-order chi connectivity index (χ1) is 5.39. The lowest BCUT2D eigenvalue weighted by atomic mass is 10.4. The molecule has 0 saturated carbocycles. The van der Waals surface area contributed by atoms with E-state index in [1.165, 1.54) is 5.30 Å².